The van der Waals surface area contributed by atoms with Gasteiger partial charge in [-0.3, -0.25) is 0 Å². The van der Waals surface area contributed by atoms with Crippen molar-refractivity contribution in [2.45, 2.75) is 32.5 Å². The molecule has 3 atom stereocenters. The molecule has 1 heterocycles. The molecule has 12 heavy (non-hydrogen) atoms. The maximum absolute atomic E-state index is 9.65. The van der Waals surface area contributed by atoms with E-state index in [2.05, 4.69) is 0 Å². The zero-order valence-electron chi connectivity index (χ0n) is 7.73. The summed E-state index contributed by atoms with van der Waals surface area (Å²) in [6.45, 7) is 4.67. The molecular formula is C9H18O3. The lowest BCUT2D eigenvalue weighted by Gasteiger charge is -2.37. The van der Waals surface area contributed by atoms with Gasteiger partial charge in [0.25, 0.3) is 0 Å². The first kappa shape index (κ1) is 9.96. The molecule has 0 aromatic heterocycles. The normalized spacial score (nSPS) is 37.2. The molecule has 1 aliphatic heterocycles. The van der Waals surface area contributed by atoms with E-state index >= 15 is 0 Å². The first-order valence-electron chi connectivity index (χ1n) is 4.57. The monoisotopic (exact) mass is 174 g/mol. The highest BCUT2D eigenvalue weighted by molar-refractivity contribution is 4.82. The summed E-state index contributed by atoms with van der Waals surface area (Å²) >= 11 is 0. The average Bonchev–Trinajstić information content (AvgIpc) is 2.03. The van der Waals surface area contributed by atoms with Gasteiger partial charge in [-0.15, -0.1) is 0 Å². The second kappa shape index (κ2) is 4.21. The van der Waals surface area contributed by atoms with Crippen molar-refractivity contribution in [1.29, 1.82) is 0 Å². The number of rotatable bonds is 2. The van der Waals surface area contributed by atoms with Crippen LogP contribution in [0.25, 0.3) is 0 Å². The lowest BCUT2D eigenvalue weighted by Crippen LogP contribution is -2.44. The first-order chi connectivity index (χ1) is 5.66. The minimum absolute atomic E-state index is 0.0138. The van der Waals surface area contributed by atoms with Gasteiger partial charge < -0.3 is 14.9 Å². The van der Waals surface area contributed by atoms with Gasteiger partial charge in [-0.05, 0) is 12.3 Å². The number of aliphatic hydroxyl groups excluding tert-OH is 2. The van der Waals surface area contributed by atoms with Gasteiger partial charge in [-0.2, -0.15) is 0 Å². The van der Waals surface area contributed by atoms with Crippen LogP contribution in [0.15, 0.2) is 0 Å². The zero-order valence-corrected chi connectivity index (χ0v) is 7.73. The smallest absolute Gasteiger partial charge is 0.0860 e. The van der Waals surface area contributed by atoms with E-state index in [1.54, 1.807) is 0 Å². The fourth-order valence-corrected chi connectivity index (χ4v) is 1.94. The third kappa shape index (κ3) is 1.97. The van der Waals surface area contributed by atoms with Crippen LogP contribution >= 0.6 is 0 Å². The fourth-order valence-electron chi connectivity index (χ4n) is 1.94. The van der Waals surface area contributed by atoms with Crippen molar-refractivity contribution >= 4 is 0 Å². The molecule has 0 spiro atoms. The molecule has 72 valence electrons. The number of hydrogen-bond donors (Lipinski definition) is 2. The van der Waals surface area contributed by atoms with Crippen molar-refractivity contribution in [3.63, 3.8) is 0 Å². The molecule has 3 nitrogen and oxygen atoms in total. The molecule has 1 rings (SSSR count). The second-order valence-corrected chi connectivity index (χ2v) is 3.77. The maximum Gasteiger partial charge on any atom is 0.0860 e. The summed E-state index contributed by atoms with van der Waals surface area (Å²) in [5.74, 6) is 0.446. The summed E-state index contributed by atoms with van der Waals surface area (Å²) < 4.78 is 5.36. The topological polar surface area (TPSA) is 49.7 Å². The van der Waals surface area contributed by atoms with Crippen molar-refractivity contribution in [3.05, 3.63) is 0 Å². The molecule has 1 saturated heterocycles. The summed E-state index contributed by atoms with van der Waals surface area (Å²) in [6, 6.07) is 0. The Bertz CT molecular complexity index is 136. The summed E-state index contributed by atoms with van der Waals surface area (Å²) in [4.78, 5) is 0. The van der Waals surface area contributed by atoms with Crippen molar-refractivity contribution in [1.82, 2.24) is 0 Å². The molecule has 0 amide bonds. The Labute approximate surface area is 73.4 Å². The van der Waals surface area contributed by atoms with Crippen LogP contribution in [0, 0.1) is 11.8 Å². The highest BCUT2D eigenvalue weighted by Crippen LogP contribution is 2.27. The predicted octanol–water partition coefficient (Wildman–Crippen LogP) is 0.401. The van der Waals surface area contributed by atoms with Crippen molar-refractivity contribution in [3.8, 4) is 0 Å². The molecule has 0 radical (unpaired) electrons. The quantitative estimate of drug-likeness (QED) is 0.637. The molecule has 0 aliphatic carbocycles. The largest absolute Gasteiger partial charge is 0.394 e. The summed E-state index contributed by atoms with van der Waals surface area (Å²) in [5, 5.41) is 18.6. The van der Waals surface area contributed by atoms with Gasteiger partial charge in [-0.1, -0.05) is 13.8 Å². The van der Waals surface area contributed by atoms with E-state index in [1.165, 1.54) is 0 Å². The minimum atomic E-state index is -0.309. The minimum Gasteiger partial charge on any atom is -0.394 e. The number of aliphatic hydroxyl groups is 2. The molecule has 1 fully saturated rings. The molecule has 0 aromatic rings. The van der Waals surface area contributed by atoms with Gasteiger partial charge in [0.05, 0.1) is 18.8 Å². The van der Waals surface area contributed by atoms with E-state index < -0.39 is 0 Å². The van der Waals surface area contributed by atoms with Crippen LogP contribution in [0.2, 0.25) is 0 Å². The van der Waals surface area contributed by atoms with Crippen molar-refractivity contribution in [2.75, 3.05) is 13.2 Å². The molecule has 0 bridgehead atoms. The van der Waals surface area contributed by atoms with E-state index in [1.807, 2.05) is 13.8 Å². The fraction of sp³-hybridized carbons (Fsp3) is 1.00. The van der Waals surface area contributed by atoms with Gasteiger partial charge in [0, 0.05) is 12.5 Å². The molecule has 2 N–H and O–H groups in total. The SMILES string of the molecule is CC(C)C1C(O)CCOC1CO. The molecule has 1 aliphatic rings. The van der Waals surface area contributed by atoms with E-state index in [4.69, 9.17) is 9.84 Å². The van der Waals surface area contributed by atoms with Crippen LogP contribution < -0.4 is 0 Å². The zero-order chi connectivity index (χ0) is 9.14. The summed E-state index contributed by atoms with van der Waals surface area (Å²) in [7, 11) is 0. The van der Waals surface area contributed by atoms with Crippen LogP contribution in [-0.2, 0) is 4.74 Å². The predicted molar refractivity (Wildman–Crippen MR) is 45.8 cm³/mol. The van der Waals surface area contributed by atoms with E-state index in [0.717, 1.165) is 0 Å². The second-order valence-electron chi connectivity index (χ2n) is 3.77. The Balaban J connectivity index is 2.59. The van der Waals surface area contributed by atoms with E-state index in [0.29, 0.717) is 18.9 Å². The number of ether oxygens (including phenoxy) is 1. The number of hydrogen-bond acceptors (Lipinski definition) is 3. The van der Waals surface area contributed by atoms with Crippen LogP contribution in [0.3, 0.4) is 0 Å². The van der Waals surface area contributed by atoms with Gasteiger partial charge in [0.15, 0.2) is 0 Å². The summed E-state index contributed by atoms with van der Waals surface area (Å²) in [5.41, 5.74) is 0. The van der Waals surface area contributed by atoms with Crippen LogP contribution in [0.5, 0.6) is 0 Å². The molecule has 3 unspecified atom stereocenters. The lowest BCUT2D eigenvalue weighted by molar-refractivity contribution is -0.123. The molecule has 3 heteroatoms. The van der Waals surface area contributed by atoms with Gasteiger partial charge in [-0.25, -0.2) is 0 Å². The Kier molecular flexibility index (Phi) is 3.50. The van der Waals surface area contributed by atoms with Crippen molar-refractivity contribution in [2.24, 2.45) is 11.8 Å². The maximum atomic E-state index is 9.65. The van der Waals surface area contributed by atoms with E-state index in [9.17, 15) is 5.11 Å². The molecule has 0 aromatic carbocycles. The standard InChI is InChI=1S/C9H18O3/c1-6(2)9-7(11)3-4-12-8(9)5-10/h6-11H,3-5H2,1-2H3. The highest BCUT2D eigenvalue weighted by atomic mass is 16.5. The Morgan fingerprint density at radius 2 is 2.17 bits per heavy atom. The van der Waals surface area contributed by atoms with Crippen LogP contribution in [0.1, 0.15) is 20.3 Å². The van der Waals surface area contributed by atoms with Gasteiger partial charge >= 0.3 is 0 Å². The molecular weight excluding hydrogens is 156 g/mol. The van der Waals surface area contributed by atoms with Crippen LogP contribution in [0.4, 0.5) is 0 Å². The average molecular weight is 174 g/mol. The Morgan fingerprint density at radius 1 is 1.50 bits per heavy atom. The lowest BCUT2D eigenvalue weighted by atomic mass is 9.82. The van der Waals surface area contributed by atoms with Gasteiger partial charge in [0.2, 0.25) is 0 Å². The third-order valence-corrected chi connectivity index (χ3v) is 2.57. The summed E-state index contributed by atoms with van der Waals surface area (Å²) in [6.07, 6.45) is 0.212. The first-order valence-corrected chi connectivity index (χ1v) is 4.57. The van der Waals surface area contributed by atoms with Crippen molar-refractivity contribution < 1.29 is 14.9 Å². The van der Waals surface area contributed by atoms with Gasteiger partial charge in [0.1, 0.15) is 0 Å². The Morgan fingerprint density at radius 3 is 2.58 bits per heavy atom. The van der Waals surface area contributed by atoms with E-state index in [-0.39, 0.29) is 24.7 Å². The highest BCUT2D eigenvalue weighted by Gasteiger charge is 2.34. The Hall–Kier alpha value is -0.120. The molecule has 0 saturated carbocycles. The third-order valence-electron chi connectivity index (χ3n) is 2.57. The van der Waals surface area contributed by atoms with Crippen LogP contribution in [-0.4, -0.2) is 35.6 Å².